The fourth-order valence-corrected chi connectivity index (χ4v) is 3.13. The van der Waals surface area contributed by atoms with Crippen LogP contribution in [-0.4, -0.2) is 40.0 Å². The molecule has 0 radical (unpaired) electrons. The maximum Gasteiger partial charge on any atom is 0.306 e. The van der Waals surface area contributed by atoms with Crippen molar-refractivity contribution in [3.63, 3.8) is 0 Å². The zero-order valence-electron chi connectivity index (χ0n) is 11.9. The van der Waals surface area contributed by atoms with E-state index in [-0.39, 0.29) is 17.7 Å². The van der Waals surface area contributed by atoms with Crippen molar-refractivity contribution in [2.75, 3.05) is 13.1 Å². The zero-order valence-corrected chi connectivity index (χ0v) is 11.9. The smallest absolute Gasteiger partial charge is 0.306 e. The van der Waals surface area contributed by atoms with Gasteiger partial charge < -0.3 is 15.0 Å². The Balaban J connectivity index is 1.83. The molecule has 2 unspecified atom stereocenters. The molecule has 0 spiro atoms. The van der Waals surface area contributed by atoms with Gasteiger partial charge in [0.25, 0.3) is 5.91 Å². The summed E-state index contributed by atoms with van der Waals surface area (Å²) < 4.78 is 0. The van der Waals surface area contributed by atoms with E-state index in [9.17, 15) is 9.59 Å². The van der Waals surface area contributed by atoms with Crippen LogP contribution in [0.3, 0.4) is 0 Å². The number of para-hydroxylation sites is 1. The summed E-state index contributed by atoms with van der Waals surface area (Å²) in [5.41, 5.74) is 1.49. The summed E-state index contributed by atoms with van der Waals surface area (Å²) in [7, 11) is 0. The maximum absolute atomic E-state index is 12.7. The van der Waals surface area contributed by atoms with Crippen LogP contribution < -0.4 is 0 Å². The van der Waals surface area contributed by atoms with Crippen LogP contribution in [0.5, 0.6) is 0 Å². The van der Waals surface area contributed by atoms with Gasteiger partial charge in [-0.3, -0.25) is 9.59 Å². The number of carbonyl (C=O) groups excluding carboxylic acids is 1. The van der Waals surface area contributed by atoms with Gasteiger partial charge >= 0.3 is 5.97 Å². The van der Waals surface area contributed by atoms with Crippen molar-refractivity contribution in [3.05, 3.63) is 36.0 Å². The molecule has 5 heteroatoms. The predicted octanol–water partition coefficient (Wildman–Crippen LogP) is 2.35. The van der Waals surface area contributed by atoms with Crippen LogP contribution in [-0.2, 0) is 4.79 Å². The van der Waals surface area contributed by atoms with Crippen molar-refractivity contribution < 1.29 is 14.7 Å². The van der Waals surface area contributed by atoms with Gasteiger partial charge in [-0.25, -0.2) is 0 Å². The molecular formula is C16H18N2O3. The molecule has 1 aliphatic heterocycles. The fourth-order valence-electron chi connectivity index (χ4n) is 3.13. The Labute approximate surface area is 122 Å². The number of piperidine rings is 1. The topological polar surface area (TPSA) is 73.4 Å². The second kappa shape index (κ2) is 5.24. The maximum atomic E-state index is 12.7. The molecule has 1 aliphatic rings. The number of likely N-dealkylation sites (tertiary alicyclic amines) is 1. The Morgan fingerprint density at radius 1 is 1.33 bits per heavy atom. The Morgan fingerprint density at radius 3 is 2.86 bits per heavy atom. The number of aromatic nitrogens is 1. The van der Waals surface area contributed by atoms with Gasteiger partial charge in [0.1, 0.15) is 0 Å². The Hall–Kier alpha value is -2.30. The van der Waals surface area contributed by atoms with Crippen LogP contribution in [0.4, 0.5) is 0 Å². The van der Waals surface area contributed by atoms with E-state index in [0.717, 1.165) is 10.9 Å². The average Bonchev–Trinajstić information content (AvgIpc) is 2.94. The Morgan fingerprint density at radius 2 is 2.14 bits per heavy atom. The van der Waals surface area contributed by atoms with E-state index in [1.165, 1.54) is 0 Å². The molecular weight excluding hydrogens is 268 g/mol. The molecule has 1 saturated heterocycles. The first-order valence-corrected chi connectivity index (χ1v) is 7.16. The Kier molecular flexibility index (Phi) is 3.41. The average molecular weight is 286 g/mol. The van der Waals surface area contributed by atoms with Gasteiger partial charge in [0.15, 0.2) is 0 Å². The summed E-state index contributed by atoms with van der Waals surface area (Å²) in [6.07, 6.45) is 2.34. The molecule has 1 aromatic heterocycles. The number of carbonyl (C=O) groups is 2. The van der Waals surface area contributed by atoms with Crippen LogP contribution in [0.25, 0.3) is 10.9 Å². The van der Waals surface area contributed by atoms with Gasteiger partial charge in [-0.15, -0.1) is 0 Å². The van der Waals surface area contributed by atoms with E-state index < -0.39 is 5.97 Å². The molecule has 1 fully saturated rings. The lowest BCUT2D eigenvalue weighted by molar-refractivity contribution is -0.145. The zero-order chi connectivity index (χ0) is 15.0. The summed E-state index contributed by atoms with van der Waals surface area (Å²) in [6, 6.07) is 7.58. The summed E-state index contributed by atoms with van der Waals surface area (Å²) in [6.45, 7) is 2.89. The third-order valence-corrected chi connectivity index (χ3v) is 4.33. The van der Waals surface area contributed by atoms with Crippen molar-refractivity contribution in [2.45, 2.75) is 13.3 Å². The van der Waals surface area contributed by atoms with Crippen LogP contribution in [0.15, 0.2) is 30.5 Å². The third-order valence-electron chi connectivity index (χ3n) is 4.33. The summed E-state index contributed by atoms with van der Waals surface area (Å²) in [5, 5.41) is 10.2. The van der Waals surface area contributed by atoms with Gasteiger partial charge in [-0.1, -0.05) is 19.1 Å². The minimum absolute atomic E-state index is 0.0250. The van der Waals surface area contributed by atoms with E-state index in [1.54, 1.807) is 4.90 Å². The number of carboxylic acid groups (broad SMARTS) is 1. The van der Waals surface area contributed by atoms with Crippen LogP contribution in [0, 0.1) is 11.8 Å². The molecule has 2 N–H and O–H groups in total. The largest absolute Gasteiger partial charge is 0.481 e. The second-order valence-electron chi connectivity index (χ2n) is 5.71. The van der Waals surface area contributed by atoms with E-state index in [4.69, 9.17) is 5.11 Å². The lowest BCUT2D eigenvalue weighted by Crippen LogP contribution is -2.45. The first kappa shape index (κ1) is 13.7. The summed E-state index contributed by atoms with van der Waals surface area (Å²) in [5.74, 6) is -1.17. The number of hydrogen-bond acceptors (Lipinski definition) is 2. The number of amides is 1. The highest BCUT2D eigenvalue weighted by atomic mass is 16.4. The van der Waals surface area contributed by atoms with Gasteiger partial charge in [0.05, 0.1) is 17.0 Å². The Bertz CT molecular complexity index is 692. The van der Waals surface area contributed by atoms with E-state index in [1.807, 2.05) is 37.4 Å². The molecule has 2 heterocycles. The number of aliphatic carboxylic acids is 1. The molecule has 2 atom stereocenters. The highest BCUT2D eigenvalue weighted by molar-refractivity contribution is 6.05. The van der Waals surface area contributed by atoms with Crippen LogP contribution in [0.2, 0.25) is 0 Å². The second-order valence-corrected chi connectivity index (χ2v) is 5.71. The number of rotatable bonds is 2. The third kappa shape index (κ3) is 2.39. The van der Waals surface area contributed by atoms with Gasteiger partial charge in [0.2, 0.25) is 0 Å². The first-order valence-electron chi connectivity index (χ1n) is 7.16. The van der Waals surface area contributed by atoms with E-state index in [0.29, 0.717) is 25.1 Å². The monoisotopic (exact) mass is 286 g/mol. The number of fused-ring (bicyclic) bond motifs is 1. The van der Waals surface area contributed by atoms with Crippen molar-refractivity contribution in [1.82, 2.24) is 9.88 Å². The van der Waals surface area contributed by atoms with Gasteiger partial charge in [0, 0.05) is 24.7 Å². The lowest BCUT2D eigenvalue weighted by atomic mass is 9.87. The highest BCUT2D eigenvalue weighted by Gasteiger charge is 2.33. The quantitative estimate of drug-likeness (QED) is 0.890. The number of H-pyrrole nitrogens is 1. The van der Waals surface area contributed by atoms with Crippen LogP contribution in [0.1, 0.15) is 23.7 Å². The number of nitrogens with one attached hydrogen (secondary N) is 1. The number of hydrogen-bond donors (Lipinski definition) is 2. The van der Waals surface area contributed by atoms with Crippen molar-refractivity contribution >= 4 is 22.8 Å². The van der Waals surface area contributed by atoms with Crippen molar-refractivity contribution in [3.8, 4) is 0 Å². The van der Waals surface area contributed by atoms with Crippen molar-refractivity contribution in [1.29, 1.82) is 0 Å². The molecule has 1 amide bonds. The van der Waals surface area contributed by atoms with Gasteiger partial charge in [-0.05, 0) is 24.5 Å². The number of aromatic amines is 1. The molecule has 0 bridgehead atoms. The molecule has 0 saturated carbocycles. The number of benzene rings is 1. The van der Waals surface area contributed by atoms with E-state index >= 15 is 0 Å². The van der Waals surface area contributed by atoms with E-state index in [2.05, 4.69) is 4.98 Å². The lowest BCUT2D eigenvalue weighted by Gasteiger charge is -2.35. The fraction of sp³-hybridized carbons (Fsp3) is 0.375. The standard InChI is InChI=1S/C16H18N2O3/c1-10-9-18(8-6-12(10)16(20)21)15(19)13-4-2-3-11-5-7-17-14(11)13/h2-5,7,10,12,17H,6,8-9H2,1H3,(H,20,21). The summed E-state index contributed by atoms with van der Waals surface area (Å²) in [4.78, 5) is 28.7. The molecule has 5 nitrogen and oxygen atoms in total. The molecule has 21 heavy (non-hydrogen) atoms. The molecule has 110 valence electrons. The number of carboxylic acids is 1. The SMILES string of the molecule is CC1CN(C(=O)c2cccc3cc[nH]c23)CCC1C(=O)O. The van der Waals surface area contributed by atoms with Crippen molar-refractivity contribution in [2.24, 2.45) is 11.8 Å². The number of nitrogens with zero attached hydrogens (tertiary/aromatic N) is 1. The summed E-state index contributed by atoms with van der Waals surface area (Å²) >= 11 is 0. The molecule has 1 aromatic carbocycles. The normalized spacial score (nSPS) is 22.4. The molecule has 2 aromatic rings. The highest BCUT2D eigenvalue weighted by Crippen LogP contribution is 2.26. The molecule has 0 aliphatic carbocycles. The predicted molar refractivity (Wildman–Crippen MR) is 79.1 cm³/mol. The minimum atomic E-state index is -0.763. The van der Waals surface area contributed by atoms with Crippen LogP contribution >= 0.6 is 0 Å². The minimum Gasteiger partial charge on any atom is -0.481 e. The molecule has 3 rings (SSSR count). The first-order chi connectivity index (χ1) is 10.1. The van der Waals surface area contributed by atoms with Gasteiger partial charge in [-0.2, -0.15) is 0 Å².